The summed E-state index contributed by atoms with van der Waals surface area (Å²) in [5.41, 5.74) is 0.0901. The number of nitrogens with zero attached hydrogens (tertiary/aromatic N) is 4. The summed E-state index contributed by atoms with van der Waals surface area (Å²) < 4.78 is 46.6. The quantitative estimate of drug-likeness (QED) is 0.661. The van der Waals surface area contributed by atoms with E-state index in [2.05, 4.69) is 15.4 Å². The number of carbonyl (C=O) groups is 2. The summed E-state index contributed by atoms with van der Waals surface area (Å²) in [4.78, 5) is 30.5. The predicted octanol–water partition coefficient (Wildman–Crippen LogP) is 3.09. The summed E-state index contributed by atoms with van der Waals surface area (Å²) in [6.45, 7) is 3.88. The molecule has 2 amide bonds. The van der Waals surface area contributed by atoms with Crippen molar-refractivity contribution < 1.29 is 27.2 Å². The number of halogens is 3. The lowest BCUT2D eigenvalue weighted by atomic mass is 9.92. The molecule has 1 saturated heterocycles. The van der Waals surface area contributed by atoms with Crippen molar-refractivity contribution >= 4 is 17.5 Å². The van der Waals surface area contributed by atoms with Crippen LogP contribution < -0.4 is 5.32 Å². The molecular formula is C21H22F3N5O3. The Labute approximate surface area is 181 Å². The van der Waals surface area contributed by atoms with Gasteiger partial charge in [-0.25, -0.2) is 9.50 Å². The summed E-state index contributed by atoms with van der Waals surface area (Å²) in [5.74, 6) is -0.220. The van der Waals surface area contributed by atoms with Crippen LogP contribution in [0.4, 0.5) is 13.2 Å². The van der Waals surface area contributed by atoms with Crippen LogP contribution in [0.25, 0.3) is 5.65 Å². The molecule has 0 radical (unpaired) electrons. The first-order chi connectivity index (χ1) is 15.1. The normalized spacial score (nSPS) is 15.3. The van der Waals surface area contributed by atoms with E-state index in [0.29, 0.717) is 43.1 Å². The Bertz CT molecular complexity index is 1160. The fraction of sp³-hybridized carbons (Fsp3) is 0.429. The van der Waals surface area contributed by atoms with Gasteiger partial charge in [0.05, 0.1) is 12.2 Å². The van der Waals surface area contributed by atoms with Gasteiger partial charge in [0, 0.05) is 30.8 Å². The Hall–Kier alpha value is -3.37. The molecule has 0 atom stereocenters. The molecule has 11 heteroatoms. The fourth-order valence-corrected chi connectivity index (χ4v) is 3.86. The lowest BCUT2D eigenvalue weighted by molar-refractivity contribution is -0.142. The molecule has 4 heterocycles. The minimum Gasteiger partial charge on any atom is -0.456 e. The van der Waals surface area contributed by atoms with E-state index >= 15 is 0 Å². The van der Waals surface area contributed by atoms with E-state index in [1.165, 1.54) is 12.1 Å². The molecule has 0 bridgehead atoms. The topological polar surface area (TPSA) is 92.7 Å². The van der Waals surface area contributed by atoms with E-state index in [0.717, 1.165) is 10.6 Å². The molecular weight excluding hydrogens is 427 g/mol. The second-order valence-corrected chi connectivity index (χ2v) is 7.87. The molecule has 0 spiro atoms. The molecule has 3 aromatic rings. The first kappa shape index (κ1) is 21.8. The van der Waals surface area contributed by atoms with Gasteiger partial charge in [0.15, 0.2) is 11.4 Å². The second-order valence-electron chi connectivity index (χ2n) is 7.87. The number of aromatic nitrogens is 3. The van der Waals surface area contributed by atoms with Crippen LogP contribution in [0.3, 0.4) is 0 Å². The maximum absolute atomic E-state index is 13.5. The molecule has 0 saturated carbocycles. The van der Waals surface area contributed by atoms with Crippen molar-refractivity contribution in [3.05, 3.63) is 52.9 Å². The lowest BCUT2D eigenvalue weighted by Gasteiger charge is -2.32. The van der Waals surface area contributed by atoms with Gasteiger partial charge < -0.3 is 14.6 Å². The number of aryl methyl sites for hydroxylation is 2. The summed E-state index contributed by atoms with van der Waals surface area (Å²) in [7, 11) is 0. The molecule has 1 fully saturated rings. The summed E-state index contributed by atoms with van der Waals surface area (Å²) in [6.07, 6.45) is -3.61. The Morgan fingerprint density at radius 3 is 2.53 bits per heavy atom. The number of hydrogen-bond acceptors (Lipinski definition) is 5. The van der Waals surface area contributed by atoms with Crippen LogP contribution in [-0.4, -0.2) is 50.9 Å². The van der Waals surface area contributed by atoms with Crippen LogP contribution in [0.1, 0.15) is 52.2 Å². The molecule has 0 aromatic carbocycles. The van der Waals surface area contributed by atoms with Crippen molar-refractivity contribution in [2.24, 2.45) is 0 Å². The smallest absolute Gasteiger partial charge is 0.433 e. The number of furan rings is 1. The number of hydrogen-bond donors (Lipinski definition) is 1. The Morgan fingerprint density at radius 2 is 1.91 bits per heavy atom. The monoisotopic (exact) mass is 449 g/mol. The first-order valence-corrected chi connectivity index (χ1v) is 10.2. The number of likely N-dealkylation sites (tertiary alicyclic amines) is 1. The van der Waals surface area contributed by atoms with E-state index in [-0.39, 0.29) is 29.8 Å². The zero-order valence-corrected chi connectivity index (χ0v) is 17.6. The molecule has 4 rings (SSSR count). The van der Waals surface area contributed by atoms with Crippen LogP contribution in [0.2, 0.25) is 0 Å². The zero-order chi connectivity index (χ0) is 23.0. The Balaban J connectivity index is 1.39. The minimum absolute atomic E-state index is 0.131. The fourth-order valence-electron chi connectivity index (χ4n) is 3.86. The van der Waals surface area contributed by atoms with E-state index in [9.17, 15) is 22.8 Å². The number of rotatable bonds is 4. The van der Waals surface area contributed by atoms with Crippen molar-refractivity contribution in [1.82, 2.24) is 24.8 Å². The molecule has 8 nitrogen and oxygen atoms in total. The van der Waals surface area contributed by atoms with Crippen molar-refractivity contribution in [2.45, 2.75) is 38.8 Å². The van der Waals surface area contributed by atoms with Crippen molar-refractivity contribution in [3.63, 3.8) is 0 Å². The van der Waals surface area contributed by atoms with Crippen LogP contribution in [-0.2, 0) is 11.0 Å². The highest BCUT2D eigenvalue weighted by atomic mass is 19.4. The Kier molecular flexibility index (Phi) is 5.66. The van der Waals surface area contributed by atoms with Gasteiger partial charge in [-0.05, 0) is 44.9 Å². The van der Waals surface area contributed by atoms with E-state index in [4.69, 9.17) is 4.42 Å². The number of amides is 2. The van der Waals surface area contributed by atoms with Gasteiger partial charge in [-0.2, -0.15) is 18.3 Å². The lowest BCUT2D eigenvalue weighted by Crippen LogP contribution is -2.43. The molecule has 32 heavy (non-hydrogen) atoms. The Morgan fingerprint density at radius 1 is 1.19 bits per heavy atom. The first-order valence-electron chi connectivity index (χ1n) is 10.2. The SMILES string of the molecule is Cc1cc2nc(C3CCN(C(=O)CNC(=O)c4ccc(C)o4)CC3)cc(C(F)(F)F)n2n1. The third-order valence-corrected chi connectivity index (χ3v) is 5.49. The van der Waals surface area contributed by atoms with E-state index < -0.39 is 17.8 Å². The molecule has 1 aliphatic rings. The average molecular weight is 449 g/mol. The highest BCUT2D eigenvalue weighted by Gasteiger charge is 2.36. The maximum Gasteiger partial charge on any atom is 0.433 e. The molecule has 0 unspecified atom stereocenters. The van der Waals surface area contributed by atoms with Gasteiger partial charge in [-0.15, -0.1) is 0 Å². The minimum atomic E-state index is -4.56. The van der Waals surface area contributed by atoms with E-state index in [1.54, 1.807) is 24.8 Å². The number of alkyl halides is 3. The molecule has 1 aliphatic heterocycles. The maximum atomic E-state index is 13.5. The summed E-state index contributed by atoms with van der Waals surface area (Å²) >= 11 is 0. The highest BCUT2D eigenvalue weighted by molar-refractivity contribution is 5.94. The molecule has 1 N–H and O–H groups in total. The van der Waals surface area contributed by atoms with E-state index in [1.807, 2.05) is 0 Å². The van der Waals surface area contributed by atoms with Gasteiger partial charge in [0.2, 0.25) is 5.91 Å². The van der Waals surface area contributed by atoms with Crippen LogP contribution in [0.5, 0.6) is 0 Å². The summed E-state index contributed by atoms with van der Waals surface area (Å²) in [6, 6.07) is 5.75. The standard InChI is InChI=1S/C21H22F3N5O3/c1-12-9-18-26-15(10-17(21(22,23)24)29(18)27-12)14-5-7-28(8-6-14)19(30)11-25-20(31)16-4-3-13(2)32-16/h3-4,9-10,14H,5-8,11H2,1-2H3,(H,25,31). The predicted molar refractivity (Wildman–Crippen MR) is 107 cm³/mol. The summed E-state index contributed by atoms with van der Waals surface area (Å²) in [5, 5.41) is 6.43. The number of piperidine rings is 1. The third-order valence-electron chi connectivity index (χ3n) is 5.49. The zero-order valence-electron chi connectivity index (χ0n) is 17.6. The second kappa shape index (κ2) is 8.29. The van der Waals surface area contributed by atoms with Crippen molar-refractivity contribution in [3.8, 4) is 0 Å². The van der Waals surface area contributed by atoms with Crippen LogP contribution in [0.15, 0.2) is 28.7 Å². The van der Waals surface area contributed by atoms with Gasteiger partial charge in [-0.1, -0.05) is 0 Å². The van der Waals surface area contributed by atoms with Crippen molar-refractivity contribution in [2.75, 3.05) is 19.6 Å². The van der Waals surface area contributed by atoms with Crippen LogP contribution in [0, 0.1) is 13.8 Å². The largest absolute Gasteiger partial charge is 0.456 e. The highest BCUT2D eigenvalue weighted by Crippen LogP contribution is 2.34. The average Bonchev–Trinajstić information content (AvgIpc) is 3.34. The van der Waals surface area contributed by atoms with Gasteiger partial charge in [0.25, 0.3) is 5.91 Å². The molecule has 0 aliphatic carbocycles. The van der Waals surface area contributed by atoms with Gasteiger partial charge in [-0.3, -0.25) is 9.59 Å². The van der Waals surface area contributed by atoms with Crippen molar-refractivity contribution in [1.29, 1.82) is 0 Å². The molecule has 3 aromatic heterocycles. The number of carbonyl (C=O) groups excluding carboxylic acids is 2. The van der Waals surface area contributed by atoms with Crippen LogP contribution >= 0.6 is 0 Å². The van der Waals surface area contributed by atoms with Gasteiger partial charge in [0.1, 0.15) is 11.5 Å². The molecule has 170 valence electrons. The number of nitrogens with one attached hydrogen (secondary N) is 1. The van der Waals surface area contributed by atoms with Gasteiger partial charge >= 0.3 is 6.18 Å². The third kappa shape index (κ3) is 4.46. The number of fused-ring (bicyclic) bond motifs is 1.